The molecular weight excluding hydrogens is 236 g/mol. The number of rotatable bonds is 5. The summed E-state index contributed by atoms with van der Waals surface area (Å²) in [4.78, 5) is 17.5. The van der Waals surface area contributed by atoms with Crippen LogP contribution in [0.3, 0.4) is 0 Å². The molecular formula is C11H18N4OS. The van der Waals surface area contributed by atoms with Crippen molar-refractivity contribution in [2.45, 2.75) is 19.4 Å². The molecule has 0 atom stereocenters. The van der Waals surface area contributed by atoms with E-state index in [1.54, 1.807) is 11.3 Å². The molecule has 1 fully saturated rings. The average molecular weight is 254 g/mol. The van der Waals surface area contributed by atoms with Crippen molar-refractivity contribution >= 4 is 17.4 Å². The van der Waals surface area contributed by atoms with E-state index in [-0.39, 0.29) is 11.6 Å². The summed E-state index contributed by atoms with van der Waals surface area (Å²) in [5.41, 5.74) is -0.135. The van der Waals surface area contributed by atoms with Gasteiger partial charge >= 0.3 is 6.03 Å². The fraction of sp³-hybridized carbons (Fsp3) is 0.636. The van der Waals surface area contributed by atoms with Gasteiger partial charge in [-0.3, -0.25) is 0 Å². The van der Waals surface area contributed by atoms with Crippen molar-refractivity contribution in [2.75, 3.05) is 26.2 Å². The molecule has 1 aromatic heterocycles. The molecule has 0 aliphatic carbocycles. The summed E-state index contributed by atoms with van der Waals surface area (Å²) >= 11 is 1.65. The third-order valence-electron chi connectivity index (χ3n) is 2.86. The van der Waals surface area contributed by atoms with Crippen LogP contribution in [0.2, 0.25) is 0 Å². The number of thiazole rings is 1. The highest BCUT2D eigenvalue weighted by Gasteiger charge is 2.24. The second-order valence-electron chi connectivity index (χ2n) is 4.61. The third kappa shape index (κ3) is 2.95. The van der Waals surface area contributed by atoms with Gasteiger partial charge in [-0.05, 0) is 13.8 Å². The van der Waals surface area contributed by atoms with Gasteiger partial charge in [0, 0.05) is 37.8 Å². The number of aromatic nitrogens is 1. The number of nitrogens with zero attached hydrogens (tertiary/aromatic N) is 2. The zero-order valence-electron chi connectivity index (χ0n) is 10.2. The maximum atomic E-state index is 11.3. The zero-order valence-corrected chi connectivity index (χ0v) is 11.0. The fourth-order valence-corrected chi connectivity index (χ4v) is 2.57. The Hall–Kier alpha value is -1.14. The zero-order chi connectivity index (χ0) is 12.3. The lowest BCUT2D eigenvalue weighted by Crippen LogP contribution is -2.42. The maximum Gasteiger partial charge on any atom is 0.317 e. The first-order valence-electron chi connectivity index (χ1n) is 5.77. The van der Waals surface area contributed by atoms with Crippen LogP contribution in [0.1, 0.15) is 18.9 Å². The number of carbonyl (C=O) groups is 1. The van der Waals surface area contributed by atoms with Crippen LogP contribution < -0.4 is 10.6 Å². The molecule has 1 aromatic rings. The summed E-state index contributed by atoms with van der Waals surface area (Å²) < 4.78 is 0. The molecule has 0 unspecified atom stereocenters. The predicted octanol–water partition coefficient (Wildman–Crippen LogP) is 0.993. The van der Waals surface area contributed by atoms with E-state index in [1.807, 2.05) is 16.5 Å². The molecule has 0 spiro atoms. The van der Waals surface area contributed by atoms with Crippen LogP contribution in [-0.4, -0.2) is 42.1 Å². The molecule has 0 radical (unpaired) electrons. The molecule has 0 aromatic carbocycles. The number of nitrogens with one attached hydrogen (secondary N) is 2. The third-order valence-corrected chi connectivity index (χ3v) is 3.96. The highest BCUT2D eigenvalue weighted by Crippen LogP contribution is 2.21. The Balaban J connectivity index is 1.80. The summed E-state index contributed by atoms with van der Waals surface area (Å²) in [6.45, 7) is 7.29. The predicted molar refractivity (Wildman–Crippen MR) is 68.1 cm³/mol. The van der Waals surface area contributed by atoms with E-state index in [0.29, 0.717) is 0 Å². The summed E-state index contributed by atoms with van der Waals surface area (Å²) in [6, 6.07) is 0.0406. The van der Waals surface area contributed by atoms with E-state index >= 15 is 0 Å². The summed E-state index contributed by atoms with van der Waals surface area (Å²) in [5, 5.41) is 9.28. The molecule has 94 valence electrons. The number of carbonyl (C=O) groups excluding carboxylic acids is 1. The molecule has 2 N–H and O–H groups in total. The lowest BCUT2D eigenvalue weighted by Gasteiger charge is -2.25. The van der Waals surface area contributed by atoms with Gasteiger partial charge in [-0.25, -0.2) is 9.78 Å². The van der Waals surface area contributed by atoms with Gasteiger partial charge in [0.15, 0.2) is 0 Å². The Morgan fingerprint density at radius 1 is 1.65 bits per heavy atom. The van der Waals surface area contributed by atoms with Gasteiger partial charge in [0.25, 0.3) is 0 Å². The summed E-state index contributed by atoms with van der Waals surface area (Å²) in [6.07, 6.45) is 1.82. The van der Waals surface area contributed by atoms with Crippen molar-refractivity contribution in [3.05, 3.63) is 16.6 Å². The van der Waals surface area contributed by atoms with Gasteiger partial charge in [-0.1, -0.05) is 0 Å². The highest BCUT2D eigenvalue weighted by molar-refractivity contribution is 7.09. The van der Waals surface area contributed by atoms with E-state index in [9.17, 15) is 4.79 Å². The Bertz CT molecular complexity index is 377. The lowest BCUT2D eigenvalue weighted by molar-refractivity contribution is 0.215. The number of hydrogen-bond acceptors (Lipinski definition) is 4. The second kappa shape index (κ2) is 5.01. The van der Waals surface area contributed by atoms with Crippen molar-refractivity contribution in [3.63, 3.8) is 0 Å². The Labute approximate surface area is 105 Å². The van der Waals surface area contributed by atoms with Gasteiger partial charge in [0.05, 0.1) is 5.54 Å². The van der Waals surface area contributed by atoms with E-state index in [0.717, 1.165) is 31.2 Å². The fourth-order valence-electron chi connectivity index (χ4n) is 1.84. The first kappa shape index (κ1) is 12.3. The number of amides is 2. The van der Waals surface area contributed by atoms with Crippen molar-refractivity contribution in [1.29, 1.82) is 0 Å². The van der Waals surface area contributed by atoms with Crippen molar-refractivity contribution in [3.8, 4) is 0 Å². The molecule has 1 aliphatic rings. The maximum absolute atomic E-state index is 11.3. The molecule has 1 aliphatic heterocycles. The molecule has 17 heavy (non-hydrogen) atoms. The van der Waals surface area contributed by atoms with Crippen LogP contribution in [0, 0.1) is 0 Å². The van der Waals surface area contributed by atoms with Gasteiger partial charge in [-0.2, -0.15) is 0 Å². The monoisotopic (exact) mass is 254 g/mol. The SMILES string of the molecule is CC(C)(NCCN1CCNC1=O)c1nccs1. The van der Waals surface area contributed by atoms with Crippen molar-refractivity contribution in [1.82, 2.24) is 20.5 Å². The smallest absolute Gasteiger partial charge is 0.317 e. The quantitative estimate of drug-likeness (QED) is 0.824. The van der Waals surface area contributed by atoms with E-state index < -0.39 is 0 Å². The minimum absolute atomic E-state index is 0.0406. The van der Waals surface area contributed by atoms with Crippen molar-refractivity contribution < 1.29 is 4.79 Å². The lowest BCUT2D eigenvalue weighted by atomic mass is 10.1. The first-order valence-corrected chi connectivity index (χ1v) is 6.65. The van der Waals surface area contributed by atoms with Crippen LogP contribution in [0.15, 0.2) is 11.6 Å². The molecule has 1 saturated heterocycles. The van der Waals surface area contributed by atoms with E-state index in [4.69, 9.17) is 0 Å². The Morgan fingerprint density at radius 2 is 2.47 bits per heavy atom. The molecule has 2 rings (SSSR count). The van der Waals surface area contributed by atoms with E-state index in [2.05, 4.69) is 29.5 Å². The largest absolute Gasteiger partial charge is 0.336 e. The highest BCUT2D eigenvalue weighted by atomic mass is 32.1. The van der Waals surface area contributed by atoms with Crippen LogP contribution >= 0.6 is 11.3 Å². The Kier molecular flexibility index (Phi) is 3.63. The first-order chi connectivity index (χ1) is 8.09. The van der Waals surface area contributed by atoms with Gasteiger partial charge < -0.3 is 15.5 Å². The van der Waals surface area contributed by atoms with Crippen LogP contribution in [0.5, 0.6) is 0 Å². The minimum atomic E-state index is -0.135. The van der Waals surface area contributed by atoms with Gasteiger partial charge in [0.2, 0.25) is 0 Å². The molecule has 5 nitrogen and oxygen atoms in total. The average Bonchev–Trinajstić information content (AvgIpc) is 2.90. The number of hydrogen-bond donors (Lipinski definition) is 2. The van der Waals surface area contributed by atoms with Crippen LogP contribution in [0.25, 0.3) is 0 Å². The summed E-state index contributed by atoms with van der Waals surface area (Å²) in [5.74, 6) is 0. The van der Waals surface area contributed by atoms with Crippen LogP contribution in [0.4, 0.5) is 4.79 Å². The second-order valence-corrected chi connectivity index (χ2v) is 5.50. The van der Waals surface area contributed by atoms with Gasteiger partial charge in [-0.15, -0.1) is 11.3 Å². The van der Waals surface area contributed by atoms with Crippen LogP contribution in [-0.2, 0) is 5.54 Å². The normalized spacial score (nSPS) is 16.4. The minimum Gasteiger partial charge on any atom is -0.336 e. The van der Waals surface area contributed by atoms with E-state index in [1.165, 1.54) is 0 Å². The molecule has 6 heteroatoms. The standard InChI is InChI=1S/C11H18N4OS/c1-11(2,9-12-5-8-17-9)14-4-7-15-6-3-13-10(15)16/h5,8,14H,3-4,6-7H2,1-2H3,(H,13,16). The van der Waals surface area contributed by atoms with Gasteiger partial charge in [0.1, 0.15) is 5.01 Å². The molecule has 2 amide bonds. The molecule has 0 bridgehead atoms. The molecule has 0 saturated carbocycles. The molecule has 2 heterocycles. The topological polar surface area (TPSA) is 57.3 Å². The van der Waals surface area contributed by atoms with Crippen molar-refractivity contribution in [2.24, 2.45) is 0 Å². The summed E-state index contributed by atoms with van der Waals surface area (Å²) in [7, 11) is 0. The number of urea groups is 1. The Morgan fingerprint density at radius 3 is 3.06 bits per heavy atom.